The molecule has 0 spiro atoms. The molecule has 8 heteroatoms. The third-order valence-electron chi connectivity index (χ3n) is 6.17. The molecule has 3 heterocycles. The molecule has 0 unspecified atom stereocenters. The zero-order valence-electron chi connectivity index (χ0n) is 18.9. The molecular weight excluding hydrogens is 421 g/mol. The Morgan fingerprint density at radius 3 is 2.55 bits per heavy atom. The van der Waals surface area contributed by atoms with E-state index >= 15 is 0 Å². The predicted molar refractivity (Wildman–Crippen MR) is 124 cm³/mol. The molecule has 0 aliphatic carbocycles. The van der Waals surface area contributed by atoms with E-state index in [0.29, 0.717) is 31.1 Å². The molecule has 1 N–H and O–H groups in total. The Kier molecular flexibility index (Phi) is 6.65. The van der Waals surface area contributed by atoms with Gasteiger partial charge in [0.05, 0.1) is 16.4 Å². The lowest BCUT2D eigenvalue weighted by Crippen LogP contribution is -2.51. The normalized spacial score (nSPS) is 14.7. The molecule has 1 aromatic carbocycles. The van der Waals surface area contributed by atoms with Gasteiger partial charge in [0.25, 0.3) is 0 Å². The fourth-order valence-electron chi connectivity index (χ4n) is 4.20. The van der Waals surface area contributed by atoms with Crippen LogP contribution >= 0.6 is 0 Å². The number of aryl methyl sites for hydroxylation is 1. The number of fused-ring (bicyclic) bond motifs is 1. The van der Waals surface area contributed by atoms with E-state index in [1.54, 1.807) is 17.2 Å². The number of piperazine rings is 1. The van der Waals surface area contributed by atoms with E-state index in [0.717, 1.165) is 18.8 Å². The molecule has 1 aliphatic rings. The summed E-state index contributed by atoms with van der Waals surface area (Å²) in [4.78, 5) is 34.8. The number of pyridine rings is 2. The smallest absolute Gasteiger partial charge is 0.321 e. The van der Waals surface area contributed by atoms with Crippen LogP contribution in [0.15, 0.2) is 48.8 Å². The van der Waals surface area contributed by atoms with Crippen molar-refractivity contribution in [2.75, 3.05) is 26.2 Å². The summed E-state index contributed by atoms with van der Waals surface area (Å²) in [5.74, 6) is -0.790. The van der Waals surface area contributed by atoms with Gasteiger partial charge in [-0.25, -0.2) is 9.18 Å². The Morgan fingerprint density at radius 1 is 1.12 bits per heavy atom. The topological polar surface area (TPSA) is 82.3 Å². The highest BCUT2D eigenvalue weighted by molar-refractivity contribution is 6.00. The number of benzene rings is 1. The second-order valence-corrected chi connectivity index (χ2v) is 8.59. The zero-order chi connectivity index (χ0) is 23.5. The molecule has 0 atom stereocenters. The highest BCUT2D eigenvalue weighted by Crippen LogP contribution is 2.17. The number of hydrogen-bond donors (Lipinski definition) is 1. The number of nitrogens with zero attached hydrogens (tertiary/aromatic N) is 4. The number of aromatic nitrogens is 2. The molecule has 3 aromatic rings. The van der Waals surface area contributed by atoms with Gasteiger partial charge in [-0.3, -0.25) is 24.7 Å². The Bertz CT molecular complexity index is 1230. The van der Waals surface area contributed by atoms with Crippen molar-refractivity contribution in [3.63, 3.8) is 0 Å². The van der Waals surface area contributed by atoms with Gasteiger partial charge in [-0.1, -0.05) is 6.07 Å². The first kappa shape index (κ1) is 22.8. The van der Waals surface area contributed by atoms with Crippen LogP contribution in [0.1, 0.15) is 36.3 Å². The molecule has 7 nitrogen and oxygen atoms in total. The molecule has 1 saturated heterocycles. The lowest BCUT2D eigenvalue weighted by molar-refractivity contribution is 0.0980. The summed E-state index contributed by atoms with van der Waals surface area (Å²) in [7, 11) is 0. The molecule has 0 saturated carbocycles. The van der Waals surface area contributed by atoms with Crippen molar-refractivity contribution in [3.05, 3.63) is 71.2 Å². The third kappa shape index (κ3) is 4.85. The van der Waals surface area contributed by atoms with E-state index in [2.05, 4.69) is 23.7 Å². The van der Waals surface area contributed by atoms with E-state index in [1.807, 2.05) is 12.1 Å². The van der Waals surface area contributed by atoms with E-state index in [1.165, 1.54) is 29.0 Å². The van der Waals surface area contributed by atoms with Gasteiger partial charge in [-0.15, -0.1) is 0 Å². The lowest BCUT2D eigenvalue weighted by Gasteiger charge is -2.37. The number of amides is 1. The van der Waals surface area contributed by atoms with Crippen LogP contribution in [-0.4, -0.2) is 63.4 Å². The quantitative estimate of drug-likeness (QED) is 0.605. The van der Waals surface area contributed by atoms with Crippen LogP contribution in [0.2, 0.25) is 0 Å². The molecule has 1 aliphatic heterocycles. The fourth-order valence-corrected chi connectivity index (χ4v) is 4.20. The maximum atomic E-state index is 14.0. The molecule has 33 heavy (non-hydrogen) atoms. The van der Waals surface area contributed by atoms with Crippen molar-refractivity contribution < 1.29 is 14.0 Å². The standard InChI is InChI=1S/C25H28FN5O2/c1-17(2)29-11-13-30(14-12-29)25(33)31-16-21(23(32)9-7-19-5-3-4-10-28-19)24(27)20-15-18(26)6-8-22(20)31/h3-6,8,10,15-17,27H,7,9,11-14H2,1-2H3. The third-order valence-corrected chi connectivity index (χ3v) is 6.17. The molecule has 1 amide bonds. The molecule has 172 valence electrons. The minimum Gasteiger partial charge on any atom is -0.321 e. The highest BCUT2D eigenvalue weighted by Gasteiger charge is 2.25. The fraction of sp³-hybridized carbons (Fsp3) is 0.360. The van der Waals surface area contributed by atoms with Crippen molar-refractivity contribution in [1.82, 2.24) is 19.4 Å². The van der Waals surface area contributed by atoms with Crippen molar-refractivity contribution in [1.29, 1.82) is 5.41 Å². The van der Waals surface area contributed by atoms with Crippen LogP contribution < -0.4 is 5.36 Å². The van der Waals surface area contributed by atoms with Crippen molar-refractivity contribution in [2.24, 2.45) is 0 Å². The molecule has 2 aromatic heterocycles. The second kappa shape index (κ2) is 9.62. The van der Waals surface area contributed by atoms with Crippen molar-refractivity contribution in [3.8, 4) is 0 Å². The number of ketones is 1. The molecule has 0 bridgehead atoms. The summed E-state index contributed by atoms with van der Waals surface area (Å²) in [5, 5.41) is 8.74. The Morgan fingerprint density at radius 2 is 1.88 bits per heavy atom. The highest BCUT2D eigenvalue weighted by atomic mass is 19.1. The minimum absolute atomic E-state index is 0.0656. The summed E-state index contributed by atoms with van der Waals surface area (Å²) in [6.45, 7) is 6.93. The first-order chi connectivity index (χ1) is 15.8. The second-order valence-electron chi connectivity index (χ2n) is 8.59. The first-order valence-electron chi connectivity index (χ1n) is 11.2. The first-order valence-corrected chi connectivity index (χ1v) is 11.2. The van der Waals surface area contributed by atoms with E-state index in [4.69, 9.17) is 5.41 Å². The number of rotatable bonds is 5. The van der Waals surface area contributed by atoms with Crippen LogP contribution in [0.5, 0.6) is 0 Å². The van der Waals surface area contributed by atoms with Crippen LogP contribution in [0.3, 0.4) is 0 Å². The van der Waals surface area contributed by atoms with Gasteiger partial charge in [-0.2, -0.15) is 0 Å². The summed E-state index contributed by atoms with van der Waals surface area (Å²) in [5.41, 5.74) is 1.30. The Hall–Kier alpha value is -3.39. The van der Waals surface area contributed by atoms with E-state index < -0.39 is 5.82 Å². The van der Waals surface area contributed by atoms with Gasteiger partial charge in [0, 0.05) is 62.1 Å². The van der Waals surface area contributed by atoms with Crippen LogP contribution in [0.25, 0.3) is 10.9 Å². The van der Waals surface area contributed by atoms with Gasteiger partial charge < -0.3 is 4.90 Å². The number of halogens is 1. The van der Waals surface area contributed by atoms with Gasteiger partial charge in [0.15, 0.2) is 5.78 Å². The molecule has 4 rings (SSSR count). The van der Waals surface area contributed by atoms with Gasteiger partial charge >= 0.3 is 6.03 Å². The summed E-state index contributed by atoms with van der Waals surface area (Å²) in [6, 6.07) is 9.61. The number of Topliss-reactive ketones (excluding diaryl/α,β-unsaturated/α-hetero) is 1. The van der Waals surface area contributed by atoms with Crippen LogP contribution in [0, 0.1) is 11.2 Å². The van der Waals surface area contributed by atoms with Gasteiger partial charge in [0.2, 0.25) is 0 Å². The summed E-state index contributed by atoms with van der Waals surface area (Å²) >= 11 is 0. The number of hydrogen-bond acceptors (Lipinski definition) is 5. The average molecular weight is 450 g/mol. The number of nitrogens with one attached hydrogen (secondary N) is 1. The van der Waals surface area contributed by atoms with Gasteiger partial charge in [-0.05, 0) is 50.6 Å². The van der Waals surface area contributed by atoms with Crippen molar-refractivity contribution >= 4 is 22.7 Å². The molecule has 1 fully saturated rings. The average Bonchev–Trinajstić information content (AvgIpc) is 2.83. The van der Waals surface area contributed by atoms with E-state index in [9.17, 15) is 14.0 Å². The van der Waals surface area contributed by atoms with E-state index in [-0.39, 0.29) is 34.5 Å². The van der Waals surface area contributed by atoms with Crippen molar-refractivity contribution in [2.45, 2.75) is 32.7 Å². The monoisotopic (exact) mass is 449 g/mol. The SMILES string of the molecule is CC(C)N1CCN(C(=O)n2cc(C(=O)CCc3ccccn3)c(=N)c3cc(F)ccc32)CC1. The predicted octanol–water partition coefficient (Wildman–Crippen LogP) is 3.46. The maximum absolute atomic E-state index is 14.0. The Labute approximate surface area is 192 Å². The van der Waals surface area contributed by atoms with Crippen LogP contribution in [-0.2, 0) is 6.42 Å². The van der Waals surface area contributed by atoms with Crippen LogP contribution in [0.4, 0.5) is 9.18 Å². The lowest BCUT2D eigenvalue weighted by atomic mass is 10.0. The summed E-state index contributed by atoms with van der Waals surface area (Å²) < 4.78 is 15.4. The molecular formula is C25H28FN5O2. The van der Waals surface area contributed by atoms with Gasteiger partial charge in [0.1, 0.15) is 5.82 Å². The summed E-state index contributed by atoms with van der Waals surface area (Å²) in [6.07, 6.45) is 3.68. The maximum Gasteiger partial charge on any atom is 0.328 e. The minimum atomic E-state index is -0.515. The zero-order valence-corrected chi connectivity index (χ0v) is 18.9. The Balaban J connectivity index is 1.67. The molecule has 0 radical (unpaired) electrons. The number of carbonyl (C=O) groups excluding carboxylic acids is 2. The number of carbonyl (C=O) groups is 2. The largest absolute Gasteiger partial charge is 0.328 e.